The summed E-state index contributed by atoms with van der Waals surface area (Å²) < 4.78 is 68.0. The SMILES string of the molecule is Cc1cc(N=Nc2cc(C)c(N=Nc3ccc4cc(Nc5ccccc5)ccc4c3O)cc2C)ccc1N=Nc1ccc(N=Nc2cc3c(S(=O)(=O)O)cccc3cc2S(=O)(=O)O)c(C)c1. The van der Waals surface area contributed by atoms with Crippen molar-refractivity contribution in [1.82, 2.24) is 0 Å². The number of anilines is 2. The molecule has 66 heavy (non-hydrogen) atoms. The van der Waals surface area contributed by atoms with Crippen LogP contribution in [0.3, 0.4) is 0 Å². The van der Waals surface area contributed by atoms with Crippen LogP contribution >= 0.6 is 0 Å². The van der Waals surface area contributed by atoms with E-state index >= 15 is 0 Å². The van der Waals surface area contributed by atoms with Crippen LogP contribution in [-0.2, 0) is 20.2 Å². The first-order chi connectivity index (χ1) is 31.5. The Morgan fingerprint density at radius 2 is 0.909 bits per heavy atom. The quantitative estimate of drug-likeness (QED) is 0.0677. The third-order valence-electron chi connectivity index (χ3n) is 10.5. The van der Waals surface area contributed by atoms with Crippen LogP contribution in [-0.4, -0.2) is 31.0 Å². The standard InChI is InChI=1S/C48H39N9O7S2/c1-28-21-37(51-55-43-23-31(4)44(24-30(43)3)56-54-42-18-13-33-25-35(14-17-38(33)48(42)58)49-34-10-6-5-7-11-34)15-19-40(28)52-50-36-16-20-41(29(2)22-36)53-57-45-27-39-32(26-47(45)66(62,63)64)9-8-12-46(39)65(59,60)61/h5-27,49,58H,1-4H3,(H,59,60,61)(H,62,63,64). The van der Waals surface area contributed by atoms with Gasteiger partial charge in [0.25, 0.3) is 20.2 Å². The number of rotatable bonds is 12. The van der Waals surface area contributed by atoms with Crippen LogP contribution in [0.25, 0.3) is 21.5 Å². The van der Waals surface area contributed by atoms with Crippen molar-refractivity contribution in [3.63, 3.8) is 0 Å². The lowest BCUT2D eigenvalue weighted by Gasteiger charge is -2.09. The van der Waals surface area contributed by atoms with E-state index in [0.29, 0.717) is 50.8 Å². The van der Waals surface area contributed by atoms with E-state index in [1.54, 1.807) is 43.3 Å². The summed E-state index contributed by atoms with van der Waals surface area (Å²) in [5, 5.41) is 50.8. The van der Waals surface area contributed by atoms with Gasteiger partial charge < -0.3 is 10.4 Å². The zero-order chi connectivity index (χ0) is 46.8. The first kappa shape index (κ1) is 44.7. The molecule has 330 valence electrons. The Balaban J connectivity index is 0.933. The second kappa shape index (κ2) is 18.3. The molecular formula is C48H39N9O7S2. The Morgan fingerprint density at radius 1 is 0.394 bits per heavy atom. The van der Waals surface area contributed by atoms with Crippen molar-refractivity contribution in [2.75, 3.05) is 5.32 Å². The van der Waals surface area contributed by atoms with E-state index in [-0.39, 0.29) is 22.2 Å². The smallest absolute Gasteiger partial charge is 0.296 e. The average Bonchev–Trinajstić information content (AvgIpc) is 3.27. The van der Waals surface area contributed by atoms with Gasteiger partial charge in [0.15, 0.2) is 5.75 Å². The van der Waals surface area contributed by atoms with Gasteiger partial charge in [-0.1, -0.05) is 36.4 Å². The fourth-order valence-corrected chi connectivity index (χ4v) is 8.34. The molecule has 0 fully saturated rings. The number of hydrogen-bond donors (Lipinski definition) is 4. The number of para-hydroxylation sites is 1. The molecule has 8 rings (SSSR count). The highest BCUT2D eigenvalue weighted by molar-refractivity contribution is 7.86. The Kier molecular flexibility index (Phi) is 12.4. The van der Waals surface area contributed by atoms with E-state index in [1.165, 1.54) is 12.1 Å². The number of aryl methyl sites for hydroxylation is 4. The van der Waals surface area contributed by atoms with Gasteiger partial charge in [-0.25, -0.2) is 0 Å². The maximum Gasteiger partial charge on any atom is 0.296 e. The highest BCUT2D eigenvalue weighted by Gasteiger charge is 2.21. The van der Waals surface area contributed by atoms with Crippen molar-refractivity contribution in [2.24, 2.45) is 40.9 Å². The Hall–Kier alpha value is -7.90. The summed E-state index contributed by atoms with van der Waals surface area (Å²) >= 11 is 0. The minimum absolute atomic E-state index is 0.00963. The van der Waals surface area contributed by atoms with Gasteiger partial charge in [0.2, 0.25) is 0 Å². The van der Waals surface area contributed by atoms with E-state index in [1.807, 2.05) is 93.6 Å². The van der Waals surface area contributed by atoms with E-state index in [0.717, 1.165) is 51.7 Å². The molecule has 0 aliphatic rings. The van der Waals surface area contributed by atoms with Crippen LogP contribution in [0.15, 0.2) is 190 Å². The fourth-order valence-electron chi connectivity index (χ4n) is 6.99. The monoisotopic (exact) mass is 917 g/mol. The lowest BCUT2D eigenvalue weighted by Crippen LogP contribution is -2.01. The number of benzene rings is 8. The van der Waals surface area contributed by atoms with E-state index < -0.39 is 30.0 Å². The maximum absolute atomic E-state index is 12.2. The molecule has 0 atom stereocenters. The summed E-state index contributed by atoms with van der Waals surface area (Å²) in [6, 6.07) is 39.3. The minimum Gasteiger partial charge on any atom is -0.505 e. The number of aromatic hydroxyl groups is 1. The average molecular weight is 918 g/mol. The molecular weight excluding hydrogens is 879 g/mol. The molecule has 0 aliphatic heterocycles. The third-order valence-corrected chi connectivity index (χ3v) is 12.3. The van der Waals surface area contributed by atoms with Crippen LogP contribution < -0.4 is 5.32 Å². The number of fused-ring (bicyclic) bond motifs is 2. The molecule has 0 saturated heterocycles. The van der Waals surface area contributed by atoms with Crippen molar-refractivity contribution in [3.8, 4) is 5.75 Å². The third kappa shape index (κ3) is 10.1. The number of hydrogen-bond acceptors (Lipinski definition) is 14. The number of nitrogens with zero attached hydrogens (tertiary/aromatic N) is 8. The number of nitrogens with one attached hydrogen (secondary N) is 1. The second-order valence-electron chi connectivity index (χ2n) is 15.3. The fraction of sp³-hybridized carbons (Fsp3) is 0.0833. The molecule has 0 saturated carbocycles. The Bertz CT molecular complexity index is 3580. The molecule has 8 aromatic carbocycles. The molecule has 0 unspecified atom stereocenters. The normalized spacial score (nSPS) is 12.5. The van der Waals surface area contributed by atoms with Gasteiger partial charge in [0, 0.05) is 22.1 Å². The van der Waals surface area contributed by atoms with Crippen LogP contribution in [0, 0.1) is 27.7 Å². The Labute approximate surface area is 379 Å². The van der Waals surface area contributed by atoms with Crippen molar-refractivity contribution in [3.05, 3.63) is 162 Å². The lowest BCUT2D eigenvalue weighted by molar-refractivity contribution is 0.482. The van der Waals surface area contributed by atoms with Gasteiger partial charge >= 0.3 is 0 Å². The first-order valence-corrected chi connectivity index (χ1v) is 23.0. The zero-order valence-corrected chi connectivity index (χ0v) is 37.3. The van der Waals surface area contributed by atoms with Gasteiger partial charge in [-0.05, 0) is 164 Å². The predicted molar refractivity (Wildman–Crippen MR) is 254 cm³/mol. The van der Waals surface area contributed by atoms with E-state index in [9.17, 15) is 31.0 Å². The molecule has 16 nitrogen and oxygen atoms in total. The molecule has 0 amide bonds. The van der Waals surface area contributed by atoms with Crippen molar-refractivity contribution < 1.29 is 31.0 Å². The minimum atomic E-state index is -4.79. The molecule has 0 bridgehead atoms. The van der Waals surface area contributed by atoms with Gasteiger partial charge in [-0.15, -0.1) is 10.2 Å². The van der Waals surface area contributed by atoms with Gasteiger partial charge in [0.05, 0.1) is 34.1 Å². The van der Waals surface area contributed by atoms with E-state index in [4.69, 9.17) is 0 Å². The van der Waals surface area contributed by atoms with Gasteiger partial charge in [-0.3, -0.25) is 9.11 Å². The molecule has 0 aromatic heterocycles. The van der Waals surface area contributed by atoms with Gasteiger partial charge in [-0.2, -0.15) is 47.5 Å². The summed E-state index contributed by atoms with van der Waals surface area (Å²) in [6.45, 7) is 7.41. The molecule has 8 aromatic rings. The van der Waals surface area contributed by atoms with Crippen LogP contribution in [0.4, 0.5) is 56.9 Å². The number of azo groups is 4. The molecule has 18 heteroatoms. The van der Waals surface area contributed by atoms with Crippen LogP contribution in [0.1, 0.15) is 22.3 Å². The summed E-state index contributed by atoms with van der Waals surface area (Å²) in [6.07, 6.45) is 0. The lowest BCUT2D eigenvalue weighted by atomic mass is 10.1. The van der Waals surface area contributed by atoms with Crippen molar-refractivity contribution in [2.45, 2.75) is 37.5 Å². The zero-order valence-electron chi connectivity index (χ0n) is 35.6. The molecule has 0 radical (unpaired) electrons. The molecule has 0 heterocycles. The van der Waals surface area contributed by atoms with Crippen LogP contribution in [0.2, 0.25) is 0 Å². The largest absolute Gasteiger partial charge is 0.505 e. The highest BCUT2D eigenvalue weighted by atomic mass is 32.2. The topological polar surface area (TPSA) is 240 Å². The predicted octanol–water partition coefficient (Wildman–Crippen LogP) is 14.8. The summed E-state index contributed by atoms with van der Waals surface area (Å²) in [5.41, 5.74) is 8.23. The highest BCUT2D eigenvalue weighted by Crippen LogP contribution is 2.39. The molecule has 0 aliphatic carbocycles. The number of phenolic OH excluding ortho intramolecular Hbond substituents is 1. The van der Waals surface area contributed by atoms with E-state index in [2.05, 4.69) is 46.2 Å². The van der Waals surface area contributed by atoms with Gasteiger partial charge in [0.1, 0.15) is 21.2 Å². The summed E-state index contributed by atoms with van der Waals surface area (Å²) in [4.78, 5) is -1.05. The summed E-state index contributed by atoms with van der Waals surface area (Å²) in [5.74, 6) is 0.0417. The summed E-state index contributed by atoms with van der Waals surface area (Å²) in [7, 11) is -9.46. The van der Waals surface area contributed by atoms with Crippen molar-refractivity contribution in [1.29, 1.82) is 0 Å². The van der Waals surface area contributed by atoms with Crippen molar-refractivity contribution >= 4 is 98.7 Å². The first-order valence-electron chi connectivity index (χ1n) is 20.1. The number of phenols is 1. The molecule has 4 N–H and O–H groups in total. The molecule has 0 spiro atoms. The maximum atomic E-state index is 12.2. The van der Waals surface area contributed by atoms with Crippen LogP contribution in [0.5, 0.6) is 5.75 Å². The second-order valence-corrected chi connectivity index (χ2v) is 18.1. The Morgan fingerprint density at radius 3 is 1.52 bits per heavy atom.